The Kier molecular flexibility index (Phi) is 32.5. The monoisotopic (exact) mass is 1900 g/mol. The number of hydrogen-bond acceptors (Lipinski definition) is 32. The lowest BCUT2D eigenvalue weighted by Gasteiger charge is -2.45. The maximum atomic E-state index is 16.8. The van der Waals surface area contributed by atoms with Crippen molar-refractivity contribution < 1.29 is 97.3 Å². The van der Waals surface area contributed by atoms with E-state index in [9.17, 15) is 29.9 Å². The van der Waals surface area contributed by atoms with Gasteiger partial charge in [0.1, 0.15) is 80.7 Å². The zero-order valence-corrected chi connectivity index (χ0v) is 75.8. The van der Waals surface area contributed by atoms with Gasteiger partial charge in [-0.15, -0.1) is 0 Å². The summed E-state index contributed by atoms with van der Waals surface area (Å²) in [5.74, 6) is -0.935. The molecule has 3 amide bonds. The zero-order chi connectivity index (χ0) is 94.0. The van der Waals surface area contributed by atoms with Crippen LogP contribution in [0.3, 0.4) is 0 Å². The number of ether oxygens (including phenoxy) is 4. The summed E-state index contributed by atoms with van der Waals surface area (Å²) in [6, 6.07) is 30.0. The molecule has 5 saturated heterocycles. The summed E-state index contributed by atoms with van der Waals surface area (Å²) in [6.07, 6.45) is -12.5. The van der Waals surface area contributed by atoms with E-state index in [1.165, 1.54) is 68.9 Å². The van der Waals surface area contributed by atoms with E-state index in [1.807, 2.05) is 6.07 Å². The van der Waals surface area contributed by atoms with Crippen molar-refractivity contribution in [3.63, 3.8) is 0 Å². The number of aromatic nitrogens is 16. The summed E-state index contributed by atoms with van der Waals surface area (Å²) >= 11 is 0. The van der Waals surface area contributed by atoms with Crippen molar-refractivity contribution in [2.24, 2.45) is 0 Å². The number of aliphatic hydroxyl groups excluding tert-OH is 2. The zero-order valence-electron chi connectivity index (χ0n) is 72.2. The Morgan fingerprint density at radius 3 is 1.54 bits per heavy atom. The third-order valence-electron chi connectivity index (χ3n) is 21.2. The molecule has 19 atom stereocenters. The fourth-order valence-electron chi connectivity index (χ4n) is 15.5. The first-order chi connectivity index (χ1) is 63.4. The summed E-state index contributed by atoms with van der Waals surface area (Å²) in [4.78, 5) is 93.5. The van der Waals surface area contributed by atoms with Crippen LogP contribution < -0.4 is 16.0 Å². The molecule has 8 unspecified atom stereocenters. The highest BCUT2D eigenvalue weighted by atomic mass is 31.2. The van der Waals surface area contributed by atoms with Gasteiger partial charge in [0.25, 0.3) is 17.7 Å². The number of rotatable bonds is 28. The first kappa shape index (κ1) is 98.2. The average Bonchev–Trinajstić information content (AvgIpc) is 1.60. The number of aliphatic hydroxyl groups is 2. The van der Waals surface area contributed by atoms with Gasteiger partial charge in [-0.3, -0.25) is 46.5 Å². The minimum Gasteiger partial charge on any atom is -0.394 e. The van der Waals surface area contributed by atoms with Crippen LogP contribution in [-0.2, 0) is 55.1 Å². The van der Waals surface area contributed by atoms with Gasteiger partial charge in [0, 0.05) is 49.1 Å². The number of anilines is 3. The topological polar surface area (TPSA) is 448 Å². The summed E-state index contributed by atoms with van der Waals surface area (Å²) in [5, 5.41) is 38.3. The average molecular weight is 1900 g/mol. The third-order valence-corrected chi connectivity index (χ3v) is 27.8. The van der Waals surface area contributed by atoms with Crippen molar-refractivity contribution in [1.82, 2.24) is 87.4 Å². The summed E-state index contributed by atoms with van der Waals surface area (Å²) in [5.41, 5.74) is 3.73. The van der Waals surface area contributed by atoms with Crippen molar-refractivity contribution >= 4 is 127 Å². The van der Waals surface area contributed by atoms with E-state index in [-0.39, 0.29) is 98.6 Å². The van der Waals surface area contributed by atoms with Gasteiger partial charge < -0.3 is 63.5 Å². The van der Waals surface area contributed by atoms with Crippen molar-refractivity contribution in [2.75, 3.05) is 75.5 Å². The maximum absolute atomic E-state index is 16.8. The number of carbonyl (C=O) groups excluding carboxylic acids is 3. The maximum Gasteiger partial charge on any atom is 0.333 e. The molecule has 11 aromatic rings. The summed E-state index contributed by atoms with van der Waals surface area (Å²) < 4.78 is 150. The first-order valence-corrected chi connectivity index (χ1v) is 47.0. The van der Waals surface area contributed by atoms with Gasteiger partial charge in [-0.25, -0.2) is 102 Å². The predicted octanol–water partition coefficient (Wildman–Crippen LogP) is 9.97. The molecule has 5 aliphatic rings. The molecule has 13 heterocycles. The van der Waals surface area contributed by atoms with Gasteiger partial charge in [0.2, 0.25) is 21.9 Å². The van der Waals surface area contributed by atoms with Gasteiger partial charge in [0.05, 0.1) is 77.6 Å². The number of benzene rings is 3. The quantitative estimate of drug-likeness (QED) is 0.01000. The second kappa shape index (κ2) is 43.7. The third kappa shape index (κ3) is 22.1. The van der Waals surface area contributed by atoms with Gasteiger partial charge >= 0.3 is 8.60 Å². The van der Waals surface area contributed by atoms with E-state index in [0.29, 0.717) is 57.7 Å². The number of carbonyl (C=O) groups is 3. The van der Waals surface area contributed by atoms with Crippen LogP contribution in [0, 0.1) is 24.8 Å². The van der Waals surface area contributed by atoms with Crippen molar-refractivity contribution in [2.45, 2.75) is 191 Å². The lowest BCUT2D eigenvalue weighted by atomic mass is 10.1. The Morgan fingerprint density at radius 1 is 0.614 bits per heavy atom. The Balaban J connectivity index is 0.000000182. The number of fused-ring (bicyclic) bond motifs is 7. The number of aryl methyl sites for hydroxylation is 1. The largest absolute Gasteiger partial charge is 0.394 e. The van der Waals surface area contributed by atoms with Crippen LogP contribution in [0.25, 0.3) is 49.5 Å². The highest BCUT2D eigenvalue weighted by Gasteiger charge is 2.58. The molecule has 132 heavy (non-hydrogen) atoms. The van der Waals surface area contributed by atoms with E-state index in [1.54, 1.807) is 105 Å². The number of nitrogens with one attached hydrogen (secondary N) is 3. The van der Waals surface area contributed by atoms with E-state index >= 15 is 17.6 Å². The van der Waals surface area contributed by atoms with Crippen LogP contribution in [0.1, 0.15) is 123 Å². The number of imidazole rings is 4. The SMILES string of the molecule is CC(C)N(C(C)C)P(C)N(C(C)C)C(C)C.[BH3-][P+](C)(OC[C@H]1O[C@@H](n2cnc3c(NC(=O)c4ccccc4)ncnc32)C(F)[C@H]1O)OC1C(F)C(CO)OC1n1cnc2c(NC(=O)c3ccccc3)ncnc21.[BH3-][P+]1(OCC[N+]#[C-])OC[C@H]2O[C@@H](n3cnc4c(C)ncnc43)[C@H](F)[C@@H]2OP(OCCC#N)OC[C@H]2O[C@@H](n3cnc4c(NC(=O)c5ccccc5)ncnc43)[C@H](O1)[C@@H]2F. The molecule has 5 fully saturated rings. The van der Waals surface area contributed by atoms with Crippen molar-refractivity contribution in [3.8, 4) is 6.07 Å². The number of amides is 3. The molecule has 5 N–H and O–H groups in total. The van der Waals surface area contributed by atoms with Gasteiger partial charge in [-0.05, 0) is 105 Å². The molecule has 3 aromatic carbocycles. The highest BCUT2D eigenvalue weighted by molar-refractivity contribution is 7.89. The molecule has 16 rings (SSSR count). The van der Waals surface area contributed by atoms with E-state index in [2.05, 4.69) is 152 Å². The predicted molar refractivity (Wildman–Crippen MR) is 487 cm³/mol. The van der Waals surface area contributed by atoms with Crippen molar-refractivity contribution in [1.29, 1.82) is 5.26 Å². The Bertz CT molecular complexity index is 5820. The second-order valence-corrected chi connectivity index (χ2v) is 36.8. The van der Waals surface area contributed by atoms with Crippen LogP contribution in [0.4, 0.5) is 35.0 Å². The van der Waals surface area contributed by atoms with Crippen LogP contribution in [0.15, 0.2) is 142 Å². The number of hydrogen-bond donors (Lipinski definition) is 5. The fraction of sp³-hybridized carbons (Fsp3) is 0.476. The molecule has 0 radical (unpaired) electrons. The smallest absolute Gasteiger partial charge is 0.333 e. The van der Waals surface area contributed by atoms with Gasteiger partial charge in [-0.2, -0.15) is 5.26 Å². The molecular formula is C82H103B2F4N23O17P4. The molecule has 8 aromatic heterocycles. The van der Waals surface area contributed by atoms with Crippen molar-refractivity contribution in [3.05, 3.63) is 175 Å². The number of halogens is 4. The first-order valence-electron chi connectivity index (χ1n) is 41.5. The Hall–Kier alpha value is -9.82. The van der Waals surface area contributed by atoms with Crippen LogP contribution >= 0.6 is 32.2 Å². The fourth-order valence-corrected chi connectivity index (χ4v) is 21.6. The second-order valence-electron chi connectivity index (χ2n) is 31.2. The van der Waals surface area contributed by atoms with E-state index in [4.69, 9.17) is 61.7 Å². The molecule has 40 nitrogen and oxygen atoms in total. The van der Waals surface area contributed by atoms with Gasteiger partial charge in [-0.1, -0.05) is 54.6 Å². The van der Waals surface area contributed by atoms with Crippen LogP contribution in [-0.4, -0.2) is 288 Å². The molecule has 50 heteroatoms. The minimum absolute atomic E-state index is 0.0269. The molecule has 702 valence electrons. The number of nitrogens with zero attached hydrogens (tertiary/aromatic N) is 20. The molecular weight excluding hydrogens is 1800 g/mol. The summed E-state index contributed by atoms with van der Waals surface area (Å²) in [7, 11) is -10.7. The lowest BCUT2D eigenvalue weighted by molar-refractivity contribution is -0.0628. The van der Waals surface area contributed by atoms with E-state index in [0.717, 1.165) is 0 Å². The minimum atomic E-state index is -3.37. The molecule has 5 aliphatic heterocycles. The molecule has 0 spiro atoms. The summed E-state index contributed by atoms with van der Waals surface area (Å²) in [6.45, 7) is 29.7. The lowest BCUT2D eigenvalue weighted by Crippen LogP contribution is -2.42. The molecule has 0 saturated carbocycles. The molecule has 0 aliphatic carbocycles. The normalized spacial score (nSPS) is 26.1. The van der Waals surface area contributed by atoms with Crippen LogP contribution in [0.5, 0.6) is 0 Å². The highest BCUT2D eigenvalue weighted by Crippen LogP contribution is 2.63. The standard InChI is InChI=1S/C35H36BF2N10O8P.C34H36BF2N11O9P2.C13H31N2P/c1-57(36,53-13-21-26(50)23(38)34(55-21)47-16-43-24-28(39-14-41-30(24)47)45-32(51)18-8-4-2-5-9-18)56-27-22(37)20(12-49)54-35(27)48-17-44-25-29(40-15-42-31(25)48)46-33(52)19-10-6-3-7-11-19;1-19-25-30(42-15-40-19)47(17-44-25)33-24(37)27-22(55-33)14-53-59(35,52-12-10-39-2)57-28-23(36)21(13-51-58(56-27)50-11-6-9-38)54-34(28)48-18-45-26-29(41-16-43-31(26)48)46-32(49)20-7-4-3-5-8-20;1-10(2)14(11(3)4)16(9)15(12(5)6)13(7)8/h2-11,14-17,20-23,26-27,34-35,49-50H,12-13H2,1,36H3,(H,39,41,45,51)(H,40,42,46,52);3-5,7-8,15-18,21-24,27-28,33-34H,6,10-14H2,1,35H3,(H,41,43,46,49);10-13H,1-9H3/t20?,21-,22?,23?,26+,27?,34-,35?,57?;21-,22-,23-,24-,27-,28-,33-,34-,58?,59?;/m11./s1. The Labute approximate surface area is 761 Å². The Morgan fingerprint density at radius 2 is 1.06 bits per heavy atom. The van der Waals surface area contributed by atoms with E-state index < -0.39 is 169 Å². The number of alkyl halides is 4. The number of nitriles is 1. The van der Waals surface area contributed by atoms with Gasteiger partial charge in [0.15, 0.2) is 133 Å². The van der Waals surface area contributed by atoms with Crippen LogP contribution in [0.2, 0.25) is 0 Å². The molecule has 2 bridgehead atoms.